The van der Waals surface area contributed by atoms with E-state index in [2.05, 4.69) is 21.2 Å². The number of nitrogens with zero attached hydrogens (tertiary/aromatic N) is 2. The first-order chi connectivity index (χ1) is 14.0. The van der Waals surface area contributed by atoms with Gasteiger partial charge in [0.15, 0.2) is 10.3 Å². The third-order valence-electron chi connectivity index (χ3n) is 4.02. The Morgan fingerprint density at radius 3 is 2.59 bits per heavy atom. The molecule has 0 unspecified atom stereocenters. The van der Waals surface area contributed by atoms with E-state index in [9.17, 15) is 9.59 Å². The van der Waals surface area contributed by atoms with Crippen molar-refractivity contribution in [1.82, 2.24) is 25.7 Å². The van der Waals surface area contributed by atoms with E-state index in [-0.39, 0.29) is 17.2 Å². The lowest BCUT2D eigenvalue weighted by molar-refractivity contribution is -0.119. The SMILES string of the molecule is CCNC(=S)NNC(=O)CSc1nc2ccccc2c(=O)n1-c1ccc(C)cc1. The van der Waals surface area contributed by atoms with Crippen molar-refractivity contribution >= 4 is 45.9 Å². The van der Waals surface area contributed by atoms with Gasteiger partial charge in [-0.1, -0.05) is 41.6 Å². The maximum absolute atomic E-state index is 13.1. The minimum atomic E-state index is -0.284. The van der Waals surface area contributed by atoms with Gasteiger partial charge in [0.05, 0.1) is 22.3 Å². The minimum absolute atomic E-state index is 0.0678. The molecule has 0 bridgehead atoms. The van der Waals surface area contributed by atoms with Gasteiger partial charge in [-0.25, -0.2) is 4.98 Å². The van der Waals surface area contributed by atoms with Gasteiger partial charge < -0.3 is 5.32 Å². The minimum Gasteiger partial charge on any atom is -0.362 e. The summed E-state index contributed by atoms with van der Waals surface area (Å²) >= 11 is 6.20. The number of thiocarbonyl (C=S) groups is 1. The van der Waals surface area contributed by atoms with Crippen molar-refractivity contribution in [3.8, 4) is 5.69 Å². The van der Waals surface area contributed by atoms with Crippen LogP contribution in [0.3, 0.4) is 0 Å². The molecule has 7 nitrogen and oxygen atoms in total. The fourth-order valence-corrected chi connectivity index (χ4v) is 3.64. The lowest BCUT2D eigenvalue weighted by Gasteiger charge is -2.14. The van der Waals surface area contributed by atoms with Crippen molar-refractivity contribution < 1.29 is 4.79 Å². The Bertz CT molecular complexity index is 1100. The number of fused-ring (bicyclic) bond motifs is 1. The van der Waals surface area contributed by atoms with Gasteiger partial charge in [-0.05, 0) is 50.3 Å². The third kappa shape index (κ3) is 5.12. The molecule has 3 rings (SSSR count). The molecule has 0 aliphatic carbocycles. The van der Waals surface area contributed by atoms with Crippen molar-refractivity contribution in [3.05, 3.63) is 64.4 Å². The number of amides is 1. The summed E-state index contributed by atoms with van der Waals surface area (Å²) in [7, 11) is 0. The number of thioether (sulfide) groups is 1. The van der Waals surface area contributed by atoms with Crippen LogP contribution in [-0.2, 0) is 4.79 Å². The number of hydrazine groups is 1. The van der Waals surface area contributed by atoms with Crippen molar-refractivity contribution in [3.63, 3.8) is 0 Å². The van der Waals surface area contributed by atoms with Crippen molar-refractivity contribution in [2.45, 2.75) is 19.0 Å². The Kier molecular flexibility index (Phi) is 6.84. The topological polar surface area (TPSA) is 88.1 Å². The second-order valence-corrected chi connectivity index (χ2v) is 7.56. The molecular weight excluding hydrogens is 406 g/mol. The zero-order chi connectivity index (χ0) is 20.8. The Balaban J connectivity index is 1.89. The highest BCUT2D eigenvalue weighted by atomic mass is 32.2. The predicted molar refractivity (Wildman–Crippen MR) is 120 cm³/mol. The van der Waals surface area contributed by atoms with E-state index >= 15 is 0 Å². The molecule has 0 saturated heterocycles. The first-order valence-electron chi connectivity index (χ1n) is 9.04. The molecule has 2 aromatic carbocycles. The molecule has 0 saturated carbocycles. The van der Waals surface area contributed by atoms with Crippen LogP contribution in [0.1, 0.15) is 12.5 Å². The van der Waals surface area contributed by atoms with Gasteiger partial charge in [-0.3, -0.25) is 25.0 Å². The van der Waals surface area contributed by atoms with Gasteiger partial charge in [0.2, 0.25) is 5.91 Å². The predicted octanol–water partition coefficient (Wildman–Crippen LogP) is 2.30. The van der Waals surface area contributed by atoms with Crippen LogP contribution in [0.25, 0.3) is 16.6 Å². The molecule has 0 aliphatic heterocycles. The highest BCUT2D eigenvalue weighted by molar-refractivity contribution is 7.99. The molecule has 3 aromatic rings. The van der Waals surface area contributed by atoms with Crippen molar-refractivity contribution in [2.24, 2.45) is 0 Å². The van der Waals surface area contributed by atoms with E-state index < -0.39 is 0 Å². The average molecular weight is 428 g/mol. The number of benzene rings is 2. The molecule has 0 spiro atoms. The molecule has 3 N–H and O–H groups in total. The molecule has 9 heteroatoms. The smallest absolute Gasteiger partial charge is 0.266 e. The quantitative estimate of drug-likeness (QED) is 0.249. The Morgan fingerprint density at radius 2 is 1.86 bits per heavy atom. The fourth-order valence-electron chi connectivity index (χ4n) is 2.63. The average Bonchev–Trinajstić information content (AvgIpc) is 2.72. The van der Waals surface area contributed by atoms with E-state index in [0.29, 0.717) is 33.4 Å². The van der Waals surface area contributed by atoms with Crippen LogP contribution in [-0.4, -0.2) is 32.9 Å². The van der Waals surface area contributed by atoms with E-state index in [1.165, 1.54) is 16.3 Å². The van der Waals surface area contributed by atoms with Gasteiger partial charge in [0.1, 0.15) is 0 Å². The monoisotopic (exact) mass is 427 g/mol. The van der Waals surface area contributed by atoms with E-state index in [1.54, 1.807) is 12.1 Å². The summed E-state index contributed by atoms with van der Waals surface area (Å²) in [6.45, 7) is 4.54. The van der Waals surface area contributed by atoms with Crippen LogP contribution in [0.15, 0.2) is 58.5 Å². The Hall–Kier alpha value is -2.91. The molecule has 0 radical (unpaired) electrons. The van der Waals surface area contributed by atoms with Crippen molar-refractivity contribution in [2.75, 3.05) is 12.3 Å². The summed E-state index contributed by atoms with van der Waals surface area (Å²) in [6.07, 6.45) is 0. The summed E-state index contributed by atoms with van der Waals surface area (Å²) in [5.74, 6) is -0.216. The normalized spacial score (nSPS) is 10.6. The second-order valence-electron chi connectivity index (χ2n) is 6.21. The summed E-state index contributed by atoms with van der Waals surface area (Å²) in [6, 6.07) is 14.8. The fraction of sp³-hybridized carbons (Fsp3) is 0.200. The van der Waals surface area contributed by atoms with Crippen LogP contribution >= 0.6 is 24.0 Å². The molecule has 29 heavy (non-hydrogen) atoms. The molecule has 0 atom stereocenters. The van der Waals surface area contributed by atoms with Crippen LogP contribution in [0.2, 0.25) is 0 Å². The summed E-state index contributed by atoms with van der Waals surface area (Å²) in [4.78, 5) is 29.9. The van der Waals surface area contributed by atoms with Gasteiger partial charge in [0, 0.05) is 6.54 Å². The number of carbonyl (C=O) groups excluding carboxylic acids is 1. The summed E-state index contributed by atoms with van der Waals surface area (Å²) in [5, 5.41) is 4.19. The van der Waals surface area contributed by atoms with Gasteiger partial charge in [-0.15, -0.1) is 0 Å². The molecule has 0 fully saturated rings. The van der Waals surface area contributed by atoms with Crippen LogP contribution in [0, 0.1) is 6.92 Å². The van der Waals surface area contributed by atoms with E-state index in [0.717, 1.165) is 5.56 Å². The molecule has 150 valence electrons. The number of carbonyl (C=O) groups is 1. The molecule has 1 heterocycles. The second kappa shape index (κ2) is 9.53. The lowest BCUT2D eigenvalue weighted by Crippen LogP contribution is -2.47. The number of hydrogen-bond donors (Lipinski definition) is 3. The Morgan fingerprint density at radius 1 is 1.14 bits per heavy atom. The lowest BCUT2D eigenvalue weighted by atomic mass is 10.2. The largest absolute Gasteiger partial charge is 0.362 e. The summed E-state index contributed by atoms with van der Waals surface area (Å²) < 4.78 is 1.54. The zero-order valence-corrected chi connectivity index (χ0v) is 17.7. The molecular formula is C20H21N5O2S2. The number of hydrogen-bond acceptors (Lipinski definition) is 5. The maximum Gasteiger partial charge on any atom is 0.266 e. The van der Waals surface area contributed by atoms with Crippen LogP contribution in [0.4, 0.5) is 0 Å². The Labute approximate surface area is 177 Å². The number of aromatic nitrogens is 2. The van der Waals surface area contributed by atoms with E-state index in [4.69, 9.17) is 12.2 Å². The first-order valence-corrected chi connectivity index (χ1v) is 10.4. The molecule has 0 aliphatic rings. The van der Waals surface area contributed by atoms with Gasteiger partial charge in [-0.2, -0.15) is 0 Å². The highest BCUT2D eigenvalue weighted by Crippen LogP contribution is 2.21. The van der Waals surface area contributed by atoms with E-state index in [1.807, 2.05) is 50.2 Å². The van der Waals surface area contributed by atoms with Crippen LogP contribution < -0.4 is 21.7 Å². The zero-order valence-electron chi connectivity index (χ0n) is 16.1. The molecule has 1 aromatic heterocycles. The maximum atomic E-state index is 13.1. The van der Waals surface area contributed by atoms with Gasteiger partial charge in [0.25, 0.3) is 5.56 Å². The third-order valence-corrected chi connectivity index (χ3v) is 5.21. The number of aryl methyl sites for hydroxylation is 1. The first kappa shape index (κ1) is 20.8. The number of para-hydroxylation sites is 1. The van der Waals surface area contributed by atoms with Crippen LogP contribution in [0.5, 0.6) is 0 Å². The standard InChI is InChI=1S/C20H21N5O2S2/c1-3-21-19(28)24-23-17(26)12-29-20-22-16-7-5-4-6-15(16)18(27)25(20)14-10-8-13(2)9-11-14/h4-11H,3,12H2,1-2H3,(H,23,26)(H2,21,24,28). The van der Waals surface area contributed by atoms with Crippen molar-refractivity contribution in [1.29, 1.82) is 0 Å². The number of nitrogens with one attached hydrogen (secondary N) is 3. The summed E-state index contributed by atoms with van der Waals surface area (Å²) in [5.41, 5.74) is 7.37. The highest BCUT2D eigenvalue weighted by Gasteiger charge is 2.14. The molecule has 1 amide bonds. The number of rotatable bonds is 5. The van der Waals surface area contributed by atoms with Gasteiger partial charge >= 0.3 is 0 Å².